The van der Waals surface area contributed by atoms with Gasteiger partial charge in [0.1, 0.15) is 11.4 Å². The van der Waals surface area contributed by atoms with Crippen LogP contribution >= 0.6 is 0 Å². The number of hydrogen-bond acceptors (Lipinski definition) is 4. The Morgan fingerprint density at radius 2 is 1.96 bits per heavy atom. The Morgan fingerprint density at radius 3 is 2.64 bits per heavy atom. The second-order valence-corrected chi connectivity index (χ2v) is 7.11. The lowest BCUT2D eigenvalue weighted by molar-refractivity contribution is -0.00689. The number of aryl methyl sites for hydroxylation is 2. The Labute approximate surface area is 146 Å². The molecule has 1 aromatic heterocycles. The molecule has 2 aliphatic rings. The van der Waals surface area contributed by atoms with E-state index >= 15 is 0 Å². The van der Waals surface area contributed by atoms with Gasteiger partial charge in [0.15, 0.2) is 11.5 Å². The van der Waals surface area contributed by atoms with Gasteiger partial charge in [-0.15, -0.1) is 0 Å². The predicted octanol–water partition coefficient (Wildman–Crippen LogP) is 3.54. The summed E-state index contributed by atoms with van der Waals surface area (Å²) in [5.41, 5.74) is 2.26. The summed E-state index contributed by atoms with van der Waals surface area (Å²) in [7, 11) is 0. The van der Waals surface area contributed by atoms with Crippen molar-refractivity contribution in [2.75, 3.05) is 13.1 Å². The SMILES string of the molecule is Cc1cc(C)c2c(c1)C(=O)CC1(CCN(C(=O)c3ccco3)CC1)O2. The van der Waals surface area contributed by atoms with Gasteiger partial charge >= 0.3 is 0 Å². The summed E-state index contributed by atoms with van der Waals surface area (Å²) in [6, 6.07) is 7.34. The first-order valence-corrected chi connectivity index (χ1v) is 8.64. The lowest BCUT2D eigenvalue weighted by atomic mass is 9.81. The van der Waals surface area contributed by atoms with Crippen LogP contribution in [0.5, 0.6) is 5.75 Å². The van der Waals surface area contributed by atoms with Gasteiger partial charge in [0.25, 0.3) is 5.91 Å². The van der Waals surface area contributed by atoms with Crippen molar-refractivity contribution in [2.45, 2.75) is 38.7 Å². The molecule has 1 aromatic carbocycles. The van der Waals surface area contributed by atoms with Gasteiger partial charge in [-0.25, -0.2) is 0 Å². The molecule has 1 saturated heterocycles. The van der Waals surface area contributed by atoms with E-state index in [0.717, 1.165) is 11.1 Å². The monoisotopic (exact) mass is 339 g/mol. The lowest BCUT2D eigenvalue weighted by Crippen LogP contribution is -2.52. The molecule has 4 rings (SSSR count). The fraction of sp³-hybridized carbons (Fsp3) is 0.400. The predicted molar refractivity (Wildman–Crippen MR) is 92.1 cm³/mol. The molecule has 1 amide bonds. The Hall–Kier alpha value is -2.56. The zero-order valence-electron chi connectivity index (χ0n) is 14.5. The van der Waals surface area contributed by atoms with Crippen molar-refractivity contribution in [1.82, 2.24) is 4.90 Å². The Morgan fingerprint density at radius 1 is 1.20 bits per heavy atom. The highest BCUT2D eigenvalue weighted by Crippen LogP contribution is 2.41. The summed E-state index contributed by atoms with van der Waals surface area (Å²) >= 11 is 0. The van der Waals surface area contributed by atoms with Crippen molar-refractivity contribution in [3.8, 4) is 5.75 Å². The van der Waals surface area contributed by atoms with E-state index in [0.29, 0.717) is 49.4 Å². The number of furan rings is 1. The van der Waals surface area contributed by atoms with Crippen molar-refractivity contribution in [3.63, 3.8) is 0 Å². The summed E-state index contributed by atoms with van der Waals surface area (Å²) in [5, 5.41) is 0. The molecule has 5 heteroatoms. The first-order chi connectivity index (χ1) is 12.0. The number of amides is 1. The van der Waals surface area contributed by atoms with Crippen LogP contribution < -0.4 is 4.74 Å². The maximum atomic E-state index is 12.7. The summed E-state index contributed by atoms with van der Waals surface area (Å²) in [4.78, 5) is 26.9. The first kappa shape index (κ1) is 15.9. The number of rotatable bonds is 1. The van der Waals surface area contributed by atoms with Crippen LogP contribution in [0.15, 0.2) is 34.9 Å². The minimum absolute atomic E-state index is 0.103. The lowest BCUT2D eigenvalue weighted by Gasteiger charge is -2.44. The average Bonchev–Trinajstić information content (AvgIpc) is 3.11. The molecule has 130 valence electrons. The van der Waals surface area contributed by atoms with Gasteiger partial charge in [0, 0.05) is 25.9 Å². The quantitative estimate of drug-likeness (QED) is 0.797. The van der Waals surface area contributed by atoms with E-state index < -0.39 is 5.60 Å². The van der Waals surface area contributed by atoms with Crippen LogP contribution in [0.1, 0.15) is 51.3 Å². The minimum atomic E-state index is -0.496. The van der Waals surface area contributed by atoms with Crippen LogP contribution in [0, 0.1) is 13.8 Å². The molecule has 25 heavy (non-hydrogen) atoms. The highest BCUT2D eigenvalue weighted by molar-refractivity contribution is 6.01. The number of carbonyl (C=O) groups excluding carboxylic acids is 2. The maximum Gasteiger partial charge on any atom is 0.289 e. The summed E-state index contributed by atoms with van der Waals surface area (Å²) in [5.74, 6) is 1.11. The highest BCUT2D eigenvalue weighted by Gasteiger charge is 2.44. The van der Waals surface area contributed by atoms with E-state index in [1.807, 2.05) is 26.0 Å². The maximum absolute atomic E-state index is 12.7. The van der Waals surface area contributed by atoms with Crippen LogP contribution in [0.25, 0.3) is 0 Å². The van der Waals surface area contributed by atoms with E-state index in [9.17, 15) is 9.59 Å². The molecule has 0 bridgehead atoms. The van der Waals surface area contributed by atoms with E-state index in [1.54, 1.807) is 17.0 Å². The van der Waals surface area contributed by atoms with Gasteiger partial charge in [-0.1, -0.05) is 6.07 Å². The van der Waals surface area contributed by atoms with Crippen molar-refractivity contribution in [2.24, 2.45) is 0 Å². The number of piperidine rings is 1. The topological polar surface area (TPSA) is 59.8 Å². The smallest absolute Gasteiger partial charge is 0.289 e. The number of hydrogen-bond donors (Lipinski definition) is 0. The van der Waals surface area contributed by atoms with E-state index in [4.69, 9.17) is 9.15 Å². The number of carbonyl (C=O) groups is 2. The molecular weight excluding hydrogens is 318 g/mol. The molecule has 3 heterocycles. The standard InChI is InChI=1S/C20H21NO4/c1-13-10-14(2)18-15(11-13)16(22)12-20(25-18)5-7-21(8-6-20)19(23)17-4-3-9-24-17/h3-4,9-11H,5-8,12H2,1-2H3. The summed E-state index contributed by atoms with van der Waals surface area (Å²) in [6.07, 6.45) is 3.19. The third kappa shape index (κ3) is 2.73. The molecule has 0 N–H and O–H groups in total. The molecular formula is C20H21NO4. The average molecular weight is 339 g/mol. The number of likely N-dealkylation sites (tertiary alicyclic amines) is 1. The molecule has 0 aliphatic carbocycles. The van der Waals surface area contributed by atoms with E-state index in [-0.39, 0.29) is 11.7 Å². The highest BCUT2D eigenvalue weighted by atomic mass is 16.5. The summed E-state index contributed by atoms with van der Waals surface area (Å²) in [6.45, 7) is 5.09. The molecule has 5 nitrogen and oxygen atoms in total. The molecule has 0 atom stereocenters. The number of Topliss-reactive ketones (excluding diaryl/α,β-unsaturated/α-hetero) is 1. The number of nitrogens with zero attached hydrogens (tertiary/aromatic N) is 1. The molecule has 0 radical (unpaired) electrons. The zero-order valence-corrected chi connectivity index (χ0v) is 14.5. The molecule has 0 saturated carbocycles. The van der Waals surface area contributed by atoms with Crippen LogP contribution in [-0.2, 0) is 0 Å². The number of ether oxygens (including phenoxy) is 1. The largest absolute Gasteiger partial charge is 0.486 e. The van der Waals surface area contributed by atoms with Gasteiger partial charge in [-0.05, 0) is 43.2 Å². The van der Waals surface area contributed by atoms with Crippen LogP contribution in [0.4, 0.5) is 0 Å². The van der Waals surface area contributed by atoms with Crippen LogP contribution in [0.3, 0.4) is 0 Å². The minimum Gasteiger partial charge on any atom is -0.486 e. The van der Waals surface area contributed by atoms with Crippen molar-refractivity contribution >= 4 is 11.7 Å². The van der Waals surface area contributed by atoms with Gasteiger partial charge < -0.3 is 14.1 Å². The number of benzene rings is 1. The second-order valence-electron chi connectivity index (χ2n) is 7.11. The Bertz CT molecular complexity index is 830. The molecule has 2 aromatic rings. The fourth-order valence-corrected chi connectivity index (χ4v) is 3.89. The number of ketones is 1. The zero-order chi connectivity index (χ0) is 17.6. The van der Waals surface area contributed by atoms with Gasteiger partial charge in [-0.3, -0.25) is 9.59 Å². The normalized spacial score (nSPS) is 18.8. The molecule has 2 aliphatic heterocycles. The molecule has 1 spiro atoms. The van der Waals surface area contributed by atoms with Crippen molar-refractivity contribution < 1.29 is 18.7 Å². The summed E-state index contributed by atoms with van der Waals surface area (Å²) < 4.78 is 11.6. The van der Waals surface area contributed by atoms with Crippen LogP contribution in [0.2, 0.25) is 0 Å². The van der Waals surface area contributed by atoms with Crippen LogP contribution in [-0.4, -0.2) is 35.3 Å². The third-order valence-corrected chi connectivity index (χ3v) is 5.21. The molecule has 0 unspecified atom stereocenters. The Balaban J connectivity index is 1.53. The van der Waals surface area contributed by atoms with Gasteiger partial charge in [0.2, 0.25) is 0 Å². The molecule has 1 fully saturated rings. The van der Waals surface area contributed by atoms with E-state index in [2.05, 4.69) is 0 Å². The fourth-order valence-electron chi connectivity index (χ4n) is 3.89. The van der Waals surface area contributed by atoms with Gasteiger partial charge in [-0.2, -0.15) is 0 Å². The van der Waals surface area contributed by atoms with Crippen molar-refractivity contribution in [3.05, 3.63) is 53.0 Å². The number of fused-ring (bicyclic) bond motifs is 1. The second kappa shape index (κ2) is 5.76. The third-order valence-electron chi connectivity index (χ3n) is 5.21. The van der Waals surface area contributed by atoms with Crippen molar-refractivity contribution in [1.29, 1.82) is 0 Å². The van der Waals surface area contributed by atoms with E-state index in [1.165, 1.54) is 6.26 Å². The first-order valence-electron chi connectivity index (χ1n) is 8.64. The van der Waals surface area contributed by atoms with Gasteiger partial charge in [0.05, 0.1) is 18.2 Å². The Kier molecular flexibility index (Phi) is 3.67.